The molecule has 7 heteroatoms. The van der Waals surface area contributed by atoms with E-state index in [4.69, 9.17) is 5.11 Å². The van der Waals surface area contributed by atoms with Crippen molar-refractivity contribution in [1.29, 1.82) is 0 Å². The van der Waals surface area contributed by atoms with E-state index in [1.165, 1.54) is 0 Å². The quantitative estimate of drug-likeness (QED) is 0.560. The molecule has 13 heavy (non-hydrogen) atoms. The van der Waals surface area contributed by atoms with Crippen molar-refractivity contribution in [3.63, 3.8) is 0 Å². The predicted octanol–water partition coefficient (Wildman–Crippen LogP) is 1.87. The molecule has 1 N–H and O–H groups in total. The fourth-order valence-electron chi connectivity index (χ4n) is 0.415. The lowest BCUT2D eigenvalue weighted by Gasteiger charge is -2.16. The average Bonchev–Trinajstić information content (AvgIpc) is 1.99. The molecule has 2 nitrogen and oxygen atoms in total. The third-order valence-corrected chi connectivity index (χ3v) is 1.07. The van der Waals surface area contributed by atoms with Crippen molar-refractivity contribution >= 4 is 5.97 Å². The molecule has 0 rings (SSSR count). The van der Waals surface area contributed by atoms with E-state index >= 15 is 0 Å². The number of aliphatic carboxylic acids is 1. The third kappa shape index (κ3) is 3.39. The minimum atomic E-state index is -4.86. The topological polar surface area (TPSA) is 37.3 Å². The predicted molar refractivity (Wildman–Crippen MR) is 32.6 cm³/mol. The molecule has 0 amide bonds. The van der Waals surface area contributed by atoms with Crippen LogP contribution in [0.5, 0.6) is 0 Å². The van der Waals surface area contributed by atoms with Crippen molar-refractivity contribution in [1.82, 2.24) is 0 Å². The van der Waals surface area contributed by atoms with Crippen molar-refractivity contribution in [2.24, 2.45) is 0 Å². The maximum atomic E-state index is 12.2. The number of allylic oxidation sites excluding steroid dienone is 1. The molecule has 0 radical (unpaired) electrons. The molecule has 1 atom stereocenters. The molecule has 0 fully saturated rings. The van der Waals surface area contributed by atoms with Crippen LogP contribution in [-0.2, 0) is 4.79 Å². The van der Waals surface area contributed by atoms with E-state index < -0.39 is 24.5 Å². The molecule has 0 aromatic heterocycles. The number of alkyl halides is 5. The van der Waals surface area contributed by atoms with Gasteiger partial charge in [0.1, 0.15) is 0 Å². The maximum absolute atomic E-state index is 12.2. The standard InChI is InChI=1S/C6H5F5O2/c7-3(1-2-4(12)13)6(10,11)5(8)9/h1-3,5H,(H,12,13). The molecule has 0 saturated heterocycles. The van der Waals surface area contributed by atoms with Gasteiger partial charge in [-0.15, -0.1) is 0 Å². The Morgan fingerprint density at radius 2 is 1.77 bits per heavy atom. The van der Waals surface area contributed by atoms with E-state index in [0.29, 0.717) is 0 Å². The van der Waals surface area contributed by atoms with Crippen LogP contribution in [0.3, 0.4) is 0 Å². The van der Waals surface area contributed by atoms with Gasteiger partial charge in [0.25, 0.3) is 0 Å². The van der Waals surface area contributed by atoms with Crippen LogP contribution in [0.15, 0.2) is 12.2 Å². The van der Waals surface area contributed by atoms with Crippen LogP contribution < -0.4 is 0 Å². The summed E-state index contributed by atoms with van der Waals surface area (Å²) in [5, 5.41) is 7.88. The number of halogens is 5. The summed E-state index contributed by atoms with van der Waals surface area (Å²) in [5.74, 6) is -6.54. The van der Waals surface area contributed by atoms with Crippen LogP contribution in [0.2, 0.25) is 0 Å². The zero-order valence-electron chi connectivity index (χ0n) is 6.05. The fraction of sp³-hybridized carbons (Fsp3) is 0.500. The van der Waals surface area contributed by atoms with E-state index in [1.54, 1.807) is 0 Å². The number of carbonyl (C=O) groups is 1. The molecule has 0 heterocycles. The summed E-state index contributed by atoms with van der Waals surface area (Å²) in [5.41, 5.74) is 0. The second-order valence-corrected chi connectivity index (χ2v) is 2.07. The molecule has 0 aromatic carbocycles. The van der Waals surface area contributed by atoms with Gasteiger partial charge in [-0.1, -0.05) is 0 Å². The first-order valence-corrected chi connectivity index (χ1v) is 2.99. The lowest BCUT2D eigenvalue weighted by molar-refractivity contribution is -0.159. The Morgan fingerprint density at radius 1 is 1.31 bits per heavy atom. The third-order valence-electron chi connectivity index (χ3n) is 1.07. The number of hydrogen-bond acceptors (Lipinski definition) is 1. The summed E-state index contributed by atoms with van der Waals surface area (Å²) < 4.78 is 59.1. The molecule has 76 valence electrons. The molecule has 0 aromatic rings. The van der Waals surface area contributed by atoms with Crippen LogP contribution in [0.4, 0.5) is 22.0 Å². The van der Waals surface area contributed by atoms with Crippen LogP contribution in [0, 0.1) is 0 Å². The second-order valence-electron chi connectivity index (χ2n) is 2.07. The Hall–Kier alpha value is -1.14. The van der Waals surface area contributed by atoms with Crippen LogP contribution in [0.25, 0.3) is 0 Å². The highest BCUT2D eigenvalue weighted by molar-refractivity contribution is 5.79. The molecule has 0 aliphatic heterocycles. The molecule has 0 bridgehead atoms. The Balaban J connectivity index is 4.41. The summed E-state index contributed by atoms with van der Waals surface area (Å²) in [6, 6.07) is 0. The number of carboxylic acids is 1. The van der Waals surface area contributed by atoms with Crippen molar-refractivity contribution in [3.05, 3.63) is 12.2 Å². The first-order chi connectivity index (χ1) is 5.78. The summed E-state index contributed by atoms with van der Waals surface area (Å²) in [7, 11) is 0. The maximum Gasteiger partial charge on any atom is 0.341 e. The number of carboxylic acid groups (broad SMARTS) is 1. The fourth-order valence-corrected chi connectivity index (χ4v) is 0.415. The minimum absolute atomic E-state index is 0.0426. The smallest absolute Gasteiger partial charge is 0.341 e. The van der Waals surface area contributed by atoms with Gasteiger partial charge in [-0.2, -0.15) is 8.78 Å². The van der Waals surface area contributed by atoms with E-state index in [9.17, 15) is 26.7 Å². The van der Waals surface area contributed by atoms with E-state index in [2.05, 4.69) is 0 Å². The SMILES string of the molecule is O=C(O)C=CC(F)C(F)(F)C(F)F. The van der Waals surface area contributed by atoms with Crippen molar-refractivity contribution in [2.45, 2.75) is 18.5 Å². The van der Waals surface area contributed by atoms with Gasteiger partial charge in [-0.3, -0.25) is 0 Å². The lowest BCUT2D eigenvalue weighted by atomic mass is 10.2. The zero-order chi connectivity index (χ0) is 10.6. The summed E-state index contributed by atoms with van der Waals surface area (Å²) >= 11 is 0. The average molecular weight is 204 g/mol. The summed E-state index contributed by atoms with van der Waals surface area (Å²) in [4.78, 5) is 9.71. The van der Waals surface area contributed by atoms with Crippen LogP contribution >= 0.6 is 0 Å². The highest BCUT2D eigenvalue weighted by Crippen LogP contribution is 2.29. The molecular formula is C6H5F5O2. The number of hydrogen-bond donors (Lipinski definition) is 1. The van der Waals surface area contributed by atoms with Gasteiger partial charge in [0.15, 0.2) is 6.17 Å². The van der Waals surface area contributed by atoms with Gasteiger partial charge in [0.2, 0.25) is 0 Å². The van der Waals surface area contributed by atoms with E-state index in [-0.39, 0.29) is 12.2 Å². The van der Waals surface area contributed by atoms with E-state index in [0.717, 1.165) is 0 Å². The first kappa shape index (κ1) is 11.9. The largest absolute Gasteiger partial charge is 0.478 e. The first-order valence-electron chi connectivity index (χ1n) is 2.99. The monoisotopic (exact) mass is 204 g/mol. The molecule has 0 saturated carbocycles. The molecule has 0 spiro atoms. The van der Waals surface area contributed by atoms with Gasteiger partial charge in [-0.05, 0) is 6.08 Å². The normalized spacial score (nSPS) is 15.2. The Bertz CT molecular complexity index is 213. The summed E-state index contributed by atoms with van der Waals surface area (Å²) in [6.07, 6.45) is -7.56. The Morgan fingerprint density at radius 3 is 2.08 bits per heavy atom. The molecule has 0 aliphatic rings. The van der Waals surface area contributed by atoms with Crippen molar-refractivity contribution < 1.29 is 31.9 Å². The van der Waals surface area contributed by atoms with Gasteiger partial charge >= 0.3 is 18.3 Å². The van der Waals surface area contributed by atoms with Gasteiger partial charge in [0, 0.05) is 6.08 Å². The molecular weight excluding hydrogens is 199 g/mol. The van der Waals surface area contributed by atoms with Gasteiger partial charge in [0.05, 0.1) is 0 Å². The van der Waals surface area contributed by atoms with Gasteiger partial charge in [-0.25, -0.2) is 18.0 Å². The minimum Gasteiger partial charge on any atom is -0.478 e. The van der Waals surface area contributed by atoms with Gasteiger partial charge < -0.3 is 5.11 Å². The molecule has 1 unspecified atom stereocenters. The number of rotatable bonds is 4. The van der Waals surface area contributed by atoms with Crippen molar-refractivity contribution in [2.75, 3.05) is 0 Å². The Kier molecular flexibility index (Phi) is 3.83. The van der Waals surface area contributed by atoms with Crippen molar-refractivity contribution in [3.8, 4) is 0 Å². The Labute approximate surface area is 69.7 Å². The van der Waals surface area contributed by atoms with E-state index in [1.807, 2.05) is 0 Å². The highest BCUT2D eigenvalue weighted by atomic mass is 19.3. The highest BCUT2D eigenvalue weighted by Gasteiger charge is 2.48. The zero-order valence-corrected chi connectivity index (χ0v) is 6.05. The molecule has 0 aliphatic carbocycles. The van der Waals surface area contributed by atoms with Crippen LogP contribution in [0.1, 0.15) is 0 Å². The summed E-state index contributed by atoms with van der Waals surface area (Å²) in [6.45, 7) is 0. The van der Waals surface area contributed by atoms with Crippen LogP contribution in [-0.4, -0.2) is 29.6 Å². The second kappa shape index (κ2) is 4.20. The lowest BCUT2D eigenvalue weighted by Crippen LogP contribution is -2.36.